The highest BCUT2D eigenvalue weighted by atomic mass is 35.5. The lowest BCUT2D eigenvalue weighted by Gasteiger charge is -2.15. The smallest absolute Gasteiger partial charge is 0.279 e. The molecule has 0 aliphatic carbocycles. The molecule has 0 spiro atoms. The summed E-state index contributed by atoms with van der Waals surface area (Å²) in [6.07, 6.45) is 0.514. The van der Waals surface area contributed by atoms with Crippen LogP contribution in [0.1, 0.15) is 37.9 Å². The maximum Gasteiger partial charge on any atom is 0.279 e. The van der Waals surface area contributed by atoms with Gasteiger partial charge in [-0.25, -0.2) is 4.98 Å². The zero-order chi connectivity index (χ0) is 15.9. The van der Waals surface area contributed by atoms with Crippen molar-refractivity contribution in [2.24, 2.45) is 0 Å². The first kappa shape index (κ1) is 14.8. The molecule has 0 amide bonds. The maximum absolute atomic E-state index is 12.2. The Morgan fingerprint density at radius 3 is 2.68 bits per heavy atom. The van der Waals surface area contributed by atoms with Crippen molar-refractivity contribution < 1.29 is 0 Å². The van der Waals surface area contributed by atoms with E-state index in [1.807, 2.05) is 24.3 Å². The van der Waals surface area contributed by atoms with Gasteiger partial charge in [0.25, 0.3) is 5.56 Å². The van der Waals surface area contributed by atoms with Crippen LogP contribution in [0.3, 0.4) is 0 Å². The van der Waals surface area contributed by atoms with Gasteiger partial charge < -0.3 is 4.98 Å². The number of nitrogens with zero attached hydrogens (tertiary/aromatic N) is 2. The number of hydrogen-bond acceptors (Lipinski definition) is 3. The SMILES string of the molecule is CC(C)(C)c1[nH]nc2c(=O)[nH]c(Cc3cccc(Cl)c3)nc12. The fraction of sp³-hybridized carbons (Fsp3) is 0.312. The van der Waals surface area contributed by atoms with Crippen LogP contribution in [0.2, 0.25) is 5.02 Å². The first-order valence-electron chi connectivity index (χ1n) is 7.07. The first-order valence-corrected chi connectivity index (χ1v) is 7.44. The quantitative estimate of drug-likeness (QED) is 0.762. The molecule has 0 saturated carbocycles. The van der Waals surface area contributed by atoms with Gasteiger partial charge in [0.1, 0.15) is 11.3 Å². The minimum Gasteiger partial charge on any atom is -0.308 e. The molecule has 0 bridgehead atoms. The molecule has 3 rings (SSSR count). The van der Waals surface area contributed by atoms with E-state index in [0.717, 1.165) is 11.3 Å². The van der Waals surface area contributed by atoms with Crippen LogP contribution in [0.15, 0.2) is 29.1 Å². The van der Waals surface area contributed by atoms with E-state index in [-0.39, 0.29) is 11.0 Å². The average Bonchev–Trinajstić information content (AvgIpc) is 2.82. The Balaban J connectivity index is 2.10. The number of halogens is 1. The summed E-state index contributed by atoms with van der Waals surface area (Å²) in [5.41, 5.74) is 2.45. The zero-order valence-electron chi connectivity index (χ0n) is 12.7. The monoisotopic (exact) mass is 316 g/mol. The standard InChI is InChI=1S/C16H17ClN4O/c1-16(2,3)14-12-13(20-21-14)15(22)19-11(18-12)8-9-5-4-6-10(17)7-9/h4-7H,8H2,1-3H3,(H,20,21)(H,18,19,22). The second kappa shape index (κ2) is 5.25. The lowest BCUT2D eigenvalue weighted by Crippen LogP contribution is -2.15. The summed E-state index contributed by atoms with van der Waals surface area (Å²) in [6.45, 7) is 6.17. The van der Waals surface area contributed by atoms with Crippen molar-refractivity contribution in [2.45, 2.75) is 32.6 Å². The number of rotatable bonds is 2. The van der Waals surface area contributed by atoms with E-state index in [0.29, 0.717) is 28.3 Å². The fourth-order valence-electron chi connectivity index (χ4n) is 2.40. The number of fused-ring (bicyclic) bond motifs is 1. The number of benzene rings is 1. The topological polar surface area (TPSA) is 74.4 Å². The summed E-state index contributed by atoms with van der Waals surface area (Å²) in [5, 5.41) is 7.70. The highest BCUT2D eigenvalue weighted by Crippen LogP contribution is 2.25. The van der Waals surface area contributed by atoms with Crippen LogP contribution in [-0.2, 0) is 11.8 Å². The molecule has 2 N–H and O–H groups in total. The summed E-state index contributed by atoms with van der Waals surface area (Å²) in [4.78, 5) is 19.6. The van der Waals surface area contributed by atoms with Gasteiger partial charge >= 0.3 is 0 Å². The molecule has 0 atom stereocenters. The van der Waals surface area contributed by atoms with Crippen molar-refractivity contribution >= 4 is 22.6 Å². The van der Waals surface area contributed by atoms with Crippen LogP contribution in [0.4, 0.5) is 0 Å². The third-order valence-corrected chi connectivity index (χ3v) is 3.71. The Hall–Kier alpha value is -2.14. The molecule has 114 valence electrons. The van der Waals surface area contributed by atoms with Gasteiger partial charge in [0.15, 0.2) is 5.52 Å². The average molecular weight is 317 g/mol. The van der Waals surface area contributed by atoms with Gasteiger partial charge in [-0.2, -0.15) is 5.10 Å². The molecular weight excluding hydrogens is 300 g/mol. The molecule has 0 aliphatic heterocycles. The van der Waals surface area contributed by atoms with Crippen LogP contribution in [0, 0.1) is 0 Å². The number of aromatic nitrogens is 4. The highest BCUT2D eigenvalue weighted by Gasteiger charge is 2.22. The maximum atomic E-state index is 12.2. The predicted molar refractivity (Wildman–Crippen MR) is 87.5 cm³/mol. The Labute approximate surface area is 132 Å². The second-order valence-electron chi connectivity index (χ2n) is 6.37. The van der Waals surface area contributed by atoms with Gasteiger partial charge in [-0.05, 0) is 17.7 Å². The van der Waals surface area contributed by atoms with E-state index in [2.05, 4.69) is 40.9 Å². The third kappa shape index (κ3) is 2.76. The van der Waals surface area contributed by atoms with E-state index >= 15 is 0 Å². The van der Waals surface area contributed by atoms with Crippen LogP contribution >= 0.6 is 11.6 Å². The Morgan fingerprint density at radius 1 is 1.23 bits per heavy atom. The van der Waals surface area contributed by atoms with Gasteiger partial charge in [0.05, 0.1) is 5.69 Å². The Morgan fingerprint density at radius 2 is 2.00 bits per heavy atom. The molecule has 3 aromatic rings. The molecule has 0 unspecified atom stereocenters. The molecule has 5 nitrogen and oxygen atoms in total. The molecule has 0 saturated heterocycles. The van der Waals surface area contributed by atoms with Crippen molar-refractivity contribution in [1.82, 2.24) is 20.2 Å². The predicted octanol–water partition coefficient (Wildman–Crippen LogP) is 3.19. The zero-order valence-corrected chi connectivity index (χ0v) is 13.5. The van der Waals surface area contributed by atoms with E-state index in [4.69, 9.17) is 11.6 Å². The van der Waals surface area contributed by atoms with Gasteiger partial charge in [-0.3, -0.25) is 9.89 Å². The van der Waals surface area contributed by atoms with Crippen LogP contribution < -0.4 is 5.56 Å². The summed E-state index contributed by atoms with van der Waals surface area (Å²) < 4.78 is 0. The molecule has 0 fully saturated rings. The van der Waals surface area contributed by atoms with Gasteiger partial charge in [-0.15, -0.1) is 0 Å². The van der Waals surface area contributed by atoms with Gasteiger partial charge in [0, 0.05) is 16.9 Å². The minimum atomic E-state index is -0.228. The molecule has 6 heteroatoms. The van der Waals surface area contributed by atoms with Crippen LogP contribution in [0.5, 0.6) is 0 Å². The summed E-state index contributed by atoms with van der Waals surface area (Å²) in [5.74, 6) is 0.603. The summed E-state index contributed by atoms with van der Waals surface area (Å²) in [6, 6.07) is 7.52. The first-order chi connectivity index (χ1) is 10.3. The Kier molecular flexibility index (Phi) is 3.53. The molecule has 22 heavy (non-hydrogen) atoms. The van der Waals surface area contributed by atoms with Crippen molar-refractivity contribution in [3.05, 3.63) is 56.7 Å². The Bertz CT molecular complexity index is 889. The molecule has 1 aromatic carbocycles. The largest absolute Gasteiger partial charge is 0.308 e. The molecule has 0 aliphatic rings. The molecule has 2 aromatic heterocycles. The van der Waals surface area contributed by atoms with Crippen molar-refractivity contribution in [2.75, 3.05) is 0 Å². The number of nitrogens with one attached hydrogen (secondary N) is 2. The van der Waals surface area contributed by atoms with Crippen molar-refractivity contribution in [1.29, 1.82) is 0 Å². The van der Waals surface area contributed by atoms with E-state index in [9.17, 15) is 4.79 Å². The second-order valence-corrected chi connectivity index (χ2v) is 6.80. The minimum absolute atomic E-state index is 0.164. The number of hydrogen-bond donors (Lipinski definition) is 2. The lowest BCUT2D eigenvalue weighted by molar-refractivity contribution is 0.570. The fourth-order valence-corrected chi connectivity index (χ4v) is 2.62. The summed E-state index contributed by atoms with van der Waals surface area (Å²) >= 11 is 6.00. The lowest BCUT2D eigenvalue weighted by atomic mass is 9.91. The highest BCUT2D eigenvalue weighted by molar-refractivity contribution is 6.30. The van der Waals surface area contributed by atoms with Gasteiger partial charge in [-0.1, -0.05) is 44.5 Å². The molecule has 2 heterocycles. The van der Waals surface area contributed by atoms with Gasteiger partial charge in [0.2, 0.25) is 0 Å². The van der Waals surface area contributed by atoms with Crippen molar-refractivity contribution in [3.63, 3.8) is 0 Å². The van der Waals surface area contributed by atoms with Crippen molar-refractivity contribution in [3.8, 4) is 0 Å². The van der Waals surface area contributed by atoms with Crippen LogP contribution in [-0.4, -0.2) is 20.2 Å². The third-order valence-electron chi connectivity index (χ3n) is 3.47. The summed E-state index contributed by atoms with van der Waals surface area (Å²) in [7, 11) is 0. The molecule has 0 radical (unpaired) electrons. The number of H-pyrrole nitrogens is 2. The normalized spacial score (nSPS) is 12.0. The number of aromatic amines is 2. The molecular formula is C16H17ClN4O. The van der Waals surface area contributed by atoms with E-state index < -0.39 is 0 Å². The van der Waals surface area contributed by atoms with E-state index in [1.54, 1.807) is 0 Å². The van der Waals surface area contributed by atoms with E-state index in [1.165, 1.54) is 0 Å². The van der Waals surface area contributed by atoms with Crippen LogP contribution in [0.25, 0.3) is 11.0 Å².